The maximum absolute atomic E-state index is 13.1. The van der Waals surface area contributed by atoms with E-state index < -0.39 is 0 Å². The first-order chi connectivity index (χ1) is 10.1. The minimum atomic E-state index is -0.342. The van der Waals surface area contributed by atoms with Crippen molar-refractivity contribution in [1.29, 1.82) is 0 Å². The van der Waals surface area contributed by atoms with Gasteiger partial charge in [0, 0.05) is 17.4 Å². The zero-order valence-corrected chi connectivity index (χ0v) is 12.8. The van der Waals surface area contributed by atoms with Crippen molar-refractivity contribution in [1.82, 2.24) is 0 Å². The normalized spacial score (nSPS) is 37.0. The van der Waals surface area contributed by atoms with Crippen molar-refractivity contribution >= 4 is 17.4 Å². The average Bonchev–Trinajstić information content (AvgIpc) is 2.40. The molecule has 1 aromatic carbocycles. The van der Waals surface area contributed by atoms with Crippen LogP contribution in [-0.4, -0.2) is 5.78 Å². The van der Waals surface area contributed by atoms with Crippen LogP contribution in [0.5, 0.6) is 0 Å². The molecule has 4 bridgehead atoms. The maximum Gasteiger partial charge on any atom is 0.140 e. The molecule has 0 unspecified atom stereocenters. The van der Waals surface area contributed by atoms with Crippen molar-refractivity contribution in [3.8, 4) is 0 Å². The van der Waals surface area contributed by atoms with Gasteiger partial charge in [-0.3, -0.25) is 4.79 Å². The molecule has 4 aliphatic rings. The summed E-state index contributed by atoms with van der Waals surface area (Å²) in [6, 6.07) is 4.36. The first kappa shape index (κ1) is 13.8. The molecule has 0 spiro atoms. The first-order valence-corrected chi connectivity index (χ1v) is 8.44. The average molecular weight is 307 g/mol. The van der Waals surface area contributed by atoms with Crippen LogP contribution in [-0.2, 0) is 11.2 Å². The van der Waals surface area contributed by atoms with Gasteiger partial charge in [0.2, 0.25) is 0 Å². The quantitative estimate of drug-likeness (QED) is 0.793. The molecule has 4 fully saturated rings. The summed E-state index contributed by atoms with van der Waals surface area (Å²) in [6.45, 7) is 0. The maximum atomic E-state index is 13.1. The number of rotatable bonds is 3. The van der Waals surface area contributed by atoms with Crippen LogP contribution in [0.1, 0.15) is 37.7 Å². The number of hydrogen-bond donors (Lipinski definition) is 0. The molecule has 112 valence electrons. The van der Waals surface area contributed by atoms with Crippen molar-refractivity contribution in [2.24, 2.45) is 29.6 Å². The summed E-state index contributed by atoms with van der Waals surface area (Å²) in [5.41, 5.74) is 0.775. The monoisotopic (exact) mass is 306 g/mol. The summed E-state index contributed by atoms with van der Waals surface area (Å²) < 4.78 is 13.1. The smallest absolute Gasteiger partial charge is 0.140 e. The van der Waals surface area contributed by atoms with E-state index in [1.165, 1.54) is 44.2 Å². The van der Waals surface area contributed by atoms with Crippen LogP contribution < -0.4 is 0 Å². The SMILES string of the molecule is O=C(Cc1ccc(F)cc1Cl)C1C2CC3CC(C2)CC1C3. The summed E-state index contributed by atoms with van der Waals surface area (Å²) in [4.78, 5) is 12.8. The van der Waals surface area contributed by atoms with Crippen LogP contribution >= 0.6 is 11.6 Å². The molecule has 0 saturated heterocycles. The Kier molecular flexibility index (Phi) is 3.33. The Morgan fingerprint density at radius 3 is 2.29 bits per heavy atom. The highest BCUT2D eigenvalue weighted by Gasteiger charge is 2.50. The number of Topliss-reactive ketones (excluding diaryl/α,β-unsaturated/α-hetero) is 1. The van der Waals surface area contributed by atoms with Crippen LogP contribution in [0.3, 0.4) is 0 Å². The van der Waals surface area contributed by atoms with Gasteiger partial charge in [-0.15, -0.1) is 0 Å². The van der Waals surface area contributed by atoms with Crippen molar-refractivity contribution in [3.05, 3.63) is 34.6 Å². The number of hydrogen-bond acceptors (Lipinski definition) is 1. The Morgan fingerprint density at radius 2 is 1.71 bits per heavy atom. The van der Waals surface area contributed by atoms with E-state index in [0.29, 0.717) is 29.1 Å². The second kappa shape index (κ2) is 5.08. The Hall–Kier alpha value is -0.890. The summed E-state index contributed by atoms with van der Waals surface area (Å²) in [5, 5.41) is 0.382. The summed E-state index contributed by atoms with van der Waals surface area (Å²) in [7, 11) is 0. The molecular weight excluding hydrogens is 287 g/mol. The number of ketones is 1. The third-order valence-corrected chi connectivity index (χ3v) is 6.33. The summed E-state index contributed by atoms with van der Waals surface area (Å²) >= 11 is 6.07. The molecule has 4 saturated carbocycles. The molecule has 5 rings (SSSR count). The molecule has 0 aromatic heterocycles. The van der Waals surface area contributed by atoms with E-state index in [-0.39, 0.29) is 11.7 Å². The Balaban J connectivity index is 1.52. The van der Waals surface area contributed by atoms with E-state index in [4.69, 9.17) is 11.6 Å². The topological polar surface area (TPSA) is 17.1 Å². The molecule has 1 nitrogen and oxygen atoms in total. The predicted molar refractivity (Wildman–Crippen MR) is 80.7 cm³/mol. The zero-order chi connectivity index (χ0) is 14.6. The van der Waals surface area contributed by atoms with Crippen LogP contribution in [0.4, 0.5) is 4.39 Å². The van der Waals surface area contributed by atoms with Crippen molar-refractivity contribution in [3.63, 3.8) is 0 Å². The lowest BCUT2D eigenvalue weighted by molar-refractivity contribution is -0.135. The van der Waals surface area contributed by atoms with Gasteiger partial charge in [-0.2, -0.15) is 0 Å². The van der Waals surface area contributed by atoms with E-state index in [0.717, 1.165) is 17.4 Å². The summed E-state index contributed by atoms with van der Waals surface area (Å²) in [5.74, 6) is 3.19. The minimum Gasteiger partial charge on any atom is -0.299 e. The zero-order valence-electron chi connectivity index (χ0n) is 12.0. The van der Waals surface area contributed by atoms with Gasteiger partial charge >= 0.3 is 0 Å². The lowest BCUT2D eigenvalue weighted by Gasteiger charge is -2.53. The number of carbonyl (C=O) groups excluding carboxylic acids is 1. The van der Waals surface area contributed by atoms with Gasteiger partial charge < -0.3 is 0 Å². The Labute approximate surface area is 129 Å². The van der Waals surface area contributed by atoms with Crippen LogP contribution in [0.25, 0.3) is 0 Å². The van der Waals surface area contributed by atoms with Gasteiger partial charge in [0.15, 0.2) is 0 Å². The molecule has 3 heteroatoms. The second-order valence-corrected chi connectivity index (χ2v) is 7.74. The van der Waals surface area contributed by atoms with E-state index in [1.54, 1.807) is 6.07 Å². The number of carbonyl (C=O) groups is 1. The fourth-order valence-corrected chi connectivity index (χ4v) is 5.66. The van der Waals surface area contributed by atoms with E-state index >= 15 is 0 Å². The fraction of sp³-hybridized carbons (Fsp3) is 0.611. The first-order valence-electron chi connectivity index (χ1n) is 8.07. The largest absolute Gasteiger partial charge is 0.299 e. The molecule has 4 aliphatic carbocycles. The van der Waals surface area contributed by atoms with Crippen molar-refractivity contribution in [2.75, 3.05) is 0 Å². The Morgan fingerprint density at radius 1 is 1.10 bits per heavy atom. The molecule has 0 atom stereocenters. The summed E-state index contributed by atoms with van der Waals surface area (Å²) in [6.07, 6.45) is 6.77. The highest BCUT2D eigenvalue weighted by atomic mass is 35.5. The van der Waals surface area contributed by atoms with Crippen molar-refractivity contribution < 1.29 is 9.18 Å². The van der Waals surface area contributed by atoms with E-state index in [1.807, 2.05) is 0 Å². The molecule has 0 heterocycles. The van der Waals surface area contributed by atoms with Gasteiger partial charge in [0.25, 0.3) is 0 Å². The number of benzene rings is 1. The van der Waals surface area contributed by atoms with Gasteiger partial charge in [-0.1, -0.05) is 17.7 Å². The third-order valence-electron chi connectivity index (χ3n) is 5.98. The molecule has 0 amide bonds. The molecule has 0 N–H and O–H groups in total. The lowest BCUT2D eigenvalue weighted by atomic mass is 9.51. The molecule has 0 aliphatic heterocycles. The Bertz CT molecular complexity index is 555. The molecule has 1 aromatic rings. The molecular formula is C18H20ClFO. The lowest BCUT2D eigenvalue weighted by Crippen LogP contribution is -2.48. The van der Waals surface area contributed by atoms with Crippen LogP contribution in [0, 0.1) is 35.4 Å². The molecule has 0 radical (unpaired) electrons. The second-order valence-electron chi connectivity index (χ2n) is 7.34. The third kappa shape index (κ3) is 2.42. The predicted octanol–water partition coefficient (Wildman–Crippen LogP) is 4.66. The highest BCUT2D eigenvalue weighted by molar-refractivity contribution is 6.31. The standard InChI is InChI=1S/C18H20ClFO/c19-16-9-15(20)2-1-12(16)8-17(21)18-13-4-10-3-11(6-13)7-14(18)5-10/h1-2,9-11,13-14,18H,3-8H2. The van der Waals surface area contributed by atoms with Crippen molar-refractivity contribution in [2.45, 2.75) is 38.5 Å². The molecule has 21 heavy (non-hydrogen) atoms. The van der Waals surface area contributed by atoms with Gasteiger partial charge in [-0.25, -0.2) is 4.39 Å². The highest BCUT2D eigenvalue weighted by Crippen LogP contribution is 2.56. The van der Waals surface area contributed by atoms with E-state index in [2.05, 4.69) is 0 Å². The van der Waals surface area contributed by atoms with Gasteiger partial charge in [-0.05, 0) is 73.5 Å². The van der Waals surface area contributed by atoms with Gasteiger partial charge in [0.05, 0.1) is 0 Å². The van der Waals surface area contributed by atoms with Gasteiger partial charge in [0.1, 0.15) is 11.6 Å². The minimum absolute atomic E-state index is 0.235. The van der Waals surface area contributed by atoms with E-state index in [9.17, 15) is 9.18 Å². The van der Waals surface area contributed by atoms with Crippen LogP contribution in [0.15, 0.2) is 18.2 Å². The van der Waals surface area contributed by atoms with Crippen LogP contribution in [0.2, 0.25) is 5.02 Å². The number of halogens is 2. The fourth-order valence-electron chi connectivity index (χ4n) is 5.42.